The third-order valence-electron chi connectivity index (χ3n) is 6.94. The molecule has 0 unspecified atom stereocenters. The van der Waals surface area contributed by atoms with Crippen LogP contribution in [0.25, 0.3) is 16.6 Å². The van der Waals surface area contributed by atoms with Crippen molar-refractivity contribution in [2.45, 2.75) is 51.3 Å². The van der Waals surface area contributed by atoms with Crippen LogP contribution in [-0.4, -0.2) is 41.6 Å². The van der Waals surface area contributed by atoms with E-state index in [9.17, 15) is 9.59 Å². The van der Waals surface area contributed by atoms with Crippen LogP contribution in [0.5, 0.6) is 11.5 Å². The molecule has 2 aromatic carbocycles. The number of para-hydroxylation sites is 1. The lowest BCUT2D eigenvalue weighted by molar-refractivity contribution is -0.152. The number of aromatic nitrogens is 2. The predicted octanol–water partition coefficient (Wildman–Crippen LogP) is 5.50. The van der Waals surface area contributed by atoms with Gasteiger partial charge >= 0.3 is 5.97 Å². The smallest absolute Gasteiger partial charge is 0.316 e. The Labute approximate surface area is 216 Å². The molecule has 8 heteroatoms. The fourth-order valence-corrected chi connectivity index (χ4v) is 5.76. The van der Waals surface area contributed by atoms with E-state index in [1.807, 2.05) is 6.07 Å². The van der Waals surface area contributed by atoms with Gasteiger partial charge in [0.15, 0.2) is 5.16 Å². The van der Waals surface area contributed by atoms with Crippen LogP contribution in [0, 0.1) is 17.8 Å². The number of nitrogens with zero attached hydrogens (tertiary/aromatic N) is 2. The zero-order chi connectivity index (χ0) is 25.8. The number of ether oxygens (including phenoxy) is 3. The van der Waals surface area contributed by atoms with Crippen LogP contribution in [0.2, 0.25) is 0 Å². The lowest BCUT2D eigenvalue weighted by Gasteiger charge is -2.36. The Morgan fingerprint density at radius 2 is 1.92 bits per heavy atom. The molecule has 3 aromatic rings. The molecule has 4 rings (SSSR count). The van der Waals surface area contributed by atoms with E-state index in [1.165, 1.54) is 22.7 Å². The van der Waals surface area contributed by atoms with Crippen LogP contribution >= 0.6 is 11.8 Å². The summed E-state index contributed by atoms with van der Waals surface area (Å²) < 4.78 is 18.4. The lowest BCUT2D eigenvalue weighted by Crippen LogP contribution is -2.36. The third-order valence-corrected chi connectivity index (χ3v) is 7.85. The molecule has 0 N–H and O–H groups in total. The van der Waals surface area contributed by atoms with E-state index in [0.717, 1.165) is 12.8 Å². The van der Waals surface area contributed by atoms with Gasteiger partial charge in [-0.2, -0.15) is 0 Å². The summed E-state index contributed by atoms with van der Waals surface area (Å²) >= 11 is 1.19. The molecule has 0 spiro atoms. The number of hydrogen-bond donors (Lipinski definition) is 0. The van der Waals surface area contributed by atoms with E-state index in [-0.39, 0.29) is 23.4 Å². The second kappa shape index (κ2) is 11.4. The number of carbonyl (C=O) groups excluding carboxylic acids is 1. The Hall–Kier alpha value is -3.00. The Morgan fingerprint density at radius 3 is 2.64 bits per heavy atom. The van der Waals surface area contributed by atoms with Gasteiger partial charge in [0.25, 0.3) is 5.56 Å². The molecule has 1 saturated carbocycles. The van der Waals surface area contributed by atoms with Gasteiger partial charge < -0.3 is 14.2 Å². The van der Waals surface area contributed by atoms with Gasteiger partial charge in [-0.15, -0.1) is 0 Å². The molecule has 192 valence electrons. The fraction of sp³-hybridized carbons (Fsp3) is 0.464. The number of methoxy groups -OCH3 is 2. The van der Waals surface area contributed by atoms with E-state index >= 15 is 0 Å². The van der Waals surface area contributed by atoms with Crippen molar-refractivity contribution in [3.8, 4) is 17.2 Å². The van der Waals surface area contributed by atoms with Crippen molar-refractivity contribution in [1.82, 2.24) is 9.55 Å². The van der Waals surface area contributed by atoms with Gasteiger partial charge in [0.1, 0.15) is 17.6 Å². The minimum Gasteiger partial charge on any atom is -0.497 e. The number of benzene rings is 2. The molecule has 3 atom stereocenters. The van der Waals surface area contributed by atoms with Crippen LogP contribution in [-0.2, 0) is 9.53 Å². The molecule has 0 saturated heterocycles. The summed E-state index contributed by atoms with van der Waals surface area (Å²) in [6, 6.07) is 12.4. The molecule has 0 bridgehead atoms. The molecule has 1 aliphatic carbocycles. The number of rotatable bonds is 8. The van der Waals surface area contributed by atoms with Gasteiger partial charge in [-0.1, -0.05) is 51.1 Å². The molecule has 1 aliphatic rings. The average Bonchev–Trinajstić information content (AvgIpc) is 2.87. The SMILES string of the molecule is COc1ccc(OC)c(-n2c(SCC(=O)O[C@@H]3C[C@H](C)CC[C@H]3C(C)C)nc3ccccc3c2=O)c1. The van der Waals surface area contributed by atoms with E-state index < -0.39 is 0 Å². The van der Waals surface area contributed by atoms with E-state index in [4.69, 9.17) is 19.2 Å². The summed E-state index contributed by atoms with van der Waals surface area (Å²) in [7, 11) is 3.11. The van der Waals surface area contributed by atoms with Crippen LogP contribution in [0.4, 0.5) is 0 Å². The summed E-state index contributed by atoms with van der Waals surface area (Å²) in [6.45, 7) is 6.59. The Bertz CT molecular complexity index is 1290. The molecule has 7 nitrogen and oxygen atoms in total. The van der Waals surface area contributed by atoms with Gasteiger partial charge in [-0.3, -0.25) is 14.2 Å². The predicted molar refractivity (Wildman–Crippen MR) is 142 cm³/mol. The second-order valence-corrected chi connectivity index (χ2v) is 10.7. The molecule has 0 amide bonds. The van der Waals surface area contributed by atoms with Crippen molar-refractivity contribution in [2.75, 3.05) is 20.0 Å². The van der Waals surface area contributed by atoms with Crippen molar-refractivity contribution in [2.24, 2.45) is 17.8 Å². The maximum atomic E-state index is 13.6. The van der Waals surface area contributed by atoms with E-state index in [0.29, 0.717) is 51.0 Å². The highest BCUT2D eigenvalue weighted by atomic mass is 32.2. The van der Waals surface area contributed by atoms with Crippen molar-refractivity contribution in [3.05, 3.63) is 52.8 Å². The number of esters is 1. The topological polar surface area (TPSA) is 79.7 Å². The largest absolute Gasteiger partial charge is 0.497 e. The van der Waals surface area contributed by atoms with Crippen molar-refractivity contribution in [3.63, 3.8) is 0 Å². The molecule has 1 fully saturated rings. The highest BCUT2D eigenvalue weighted by Gasteiger charge is 2.33. The van der Waals surface area contributed by atoms with E-state index in [2.05, 4.69) is 20.8 Å². The summed E-state index contributed by atoms with van der Waals surface area (Å²) in [5, 5.41) is 0.866. The summed E-state index contributed by atoms with van der Waals surface area (Å²) in [5.74, 6) is 2.19. The zero-order valence-corrected chi connectivity index (χ0v) is 22.3. The van der Waals surface area contributed by atoms with Gasteiger partial charge in [0.05, 0.1) is 36.6 Å². The Morgan fingerprint density at radius 1 is 1.14 bits per heavy atom. The highest BCUT2D eigenvalue weighted by Crippen LogP contribution is 2.36. The maximum Gasteiger partial charge on any atom is 0.316 e. The number of thioether (sulfide) groups is 1. The number of hydrogen-bond acceptors (Lipinski definition) is 7. The molecular formula is C28H34N2O5S. The van der Waals surface area contributed by atoms with Gasteiger partial charge in [0, 0.05) is 6.07 Å². The van der Waals surface area contributed by atoms with Gasteiger partial charge in [0.2, 0.25) is 0 Å². The molecule has 1 aromatic heterocycles. The minimum atomic E-state index is -0.295. The first kappa shape index (κ1) is 26.1. The van der Waals surface area contributed by atoms with Crippen molar-refractivity contribution in [1.29, 1.82) is 0 Å². The molecule has 36 heavy (non-hydrogen) atoms. The highest BCUT2D eigenvalue weighted by molar-refractivity contribution is 7.99. The first-order valence-electron chi connectivity index (χ1n) is 12.4. The standard InChI is InChI=1S/C28H34N2O5S/c1-17(2)20-12-10-18(3)14-25(20)35-26(31)16-36-28-29-22-9-7-6-8-21(22)27(32)30(28)23-15-19(33-4)11-13-24(23)34-5/h6-9,11,13,15,17-18,20,25H,10,12,14,16H2,1-5H3/t18-,20+,25-/m1/s1. The lowest BCUT2D eigenvalue weighted by atomic mass is 9.75. The molecular weight excluding hydrogens is 476 g/mol. The quantitative estimate of drug-likeness (QED) is 0.225. The van der Waals surface area contributed by atoms with Crippen molar-refractivity contribution >= 4 is 28.6 Å². The Balaban J connectivity index is 1.67. The maximum absolute atomic E-state index is 13.6. The van der Waals surface area contributed by atoms with Gasteiger partial charge in [-0.05, 0) is 54.9 Å². The third kappa shape index (κ3) is 5.53. The number of carbonyl (C=O) groups is 1. The zero-order valence-electron chi connectivity index (χ0n) is 21.5. The Kier molecular flexibility index (Phi) is 8.24. The summed E-state index contributed by atoms with van der Waals surface area (Å²) in [5.41, 5.74) is 0.818. The summed E-state index contributed by atoms with van der Waals surface area (Å²) in [6.07, 6.45) is 3.05. The van der Waals surface area contributed by atoms with Crippen molar-refractivity contribution < 1.29 is 19.0 Å². The van der Waals surface area contributed by atoms with Gasteiger partial charge in [-0.25, -0.2) is 4.98 Å². The van der Waals surface area contributed by atoms with Crippen LogP contribution < -0.4 is 15.0 Å². The average molecular weight is 511 g/mol. The molecule has 1 heterocycles. The molecule has 0 radical (unpaired) electrons. The fourth-order valence-electron chi connectivity index (χ4n) is 4.97. The molecule has 0 aliphatic heterocycles. The monoisotopic (exact) mass is 510 g/mol. The number of fused-ring (bicyclic) bond motifs is 1. The van der Waals surface area contributed by atoms with Crippen LogP contribution in [0.15, 0.2) is 52.4 Å². The normalized spacial score (nSPS) is 19.9. The summed E-state index contributed by atoms with van der Waals surface area (Å²) in [4.78, 5) is 31.3. The van der Waals surface area contributed by atoms with Crippen LogP contribution in [0.3, 0.4) is 0 Å². The first-order valence-corrected chi connectivity index (χ1v) is 13.4. The second-order valence-electron chi connectivity index (χ2n) is 9.73. The van der Waals surface area contributed by atoms with Crippen LogP contribution in [0.1, 0.15) is 40.0 Å². The first-order chi connectivity index (χ1) is 17.3. The van der Waals surface area contributed by atoms with E-state index in [1.54, 1.807) is 50.6 Å². The minimum absolute atomic E-state index is 0.0484.